The predicted molar refractivity (Wildman–Crippen MR) is 62.0 cm³/mol. The van der Waals surface area contributed by atoms with Crippen molar-refractivity contribution in [2.45, 2.75) is 64.2 Å². The molecule has 0 amide bonds. The summed E-state index contributed by atoms with van der Waals surface area (Å²) < 4.78 is 5.39. The molecule has 15 heavy (non-hydrogen) atoms. The second kappa shape index (κ2) is 5.83. The molecule has 0 bridgehead atoms. The Morgan fingerprint density at radius 2 is 2.33 bits per heavy atom. The predicted octanol–water partition coefficient (Wildman–Crippen LogP) is 1.69. The van der Waals surface area contributed by atoms with E-state index in [-0.39, 0.29) is 6.10 Å². The van der Waals surface area contributed by atoms with Crippen molar-refractivity contribution >= 4 is 0 Å². The van der Waals surface area contributed by atoms with Crippen molar-refractivity contribution in [1.82, 2.24) is 5.32 Å². The van der Waals surface area contributed by atoms with E-state index in [4.69, 9.17) is 4.74 Å². The largest absolute Gasteiger partial charge is 0.386 e. The Hall–Kier alpha value is -0.120. The van der Waals surface area contributed by atoms with Crippen molar-refractivity contribution in [3.63, 3.8) is 0 Å². The molecule has 1 aliphatic rings. The first-order chi connectivity index (χ1) is 7.08. The summed E-state index contributed by atoms with van der Waals surface area (Å²) in [6.07, 6.45) is 4.38. The number of ether oxygens (including phenoxy) is 1. The highest BCUT2D eigenvalue weighted by molar-refractivity contribution is 4.92. The summed E-state index contributed by atoms with van der Waals surface area (Å²) in [4.78, 5) is 0. The topological polar surface area (TPSA) is 41.5 Å². The maximum Gasteiger partial charge on any atom is 0.105 e. The van der Waals surface area contributed by atoms with E-state index < -0.39 is 5.60 Å². The molecule has 0 aromatic carbocycles. The molecular formula is C12H25NO2. The van der Waals surface area contributed by atoms with Gasteiger partial charge < -0.3 is 15.2 Å². The first-order valence-electron chi connectivity index (χ1n) is 6.16. The van der Waals surface area contributed by atoms with Gasteiger partial charge in [-0.25, -0.2) is 0 Å². The van der Waals surface area contributed by atoms with Gasteiger partial charge in [-0.2, -0.15) is 0 Å². The van der Waals surface area contributed by atoms with E-state index in [0.717, 1.165) is 6.42 Å². The Kier molecular flexibility index (Phi) is 5.03. The third-order valence-corrected chi connectivity index (χ3v) is 3.41. The molecule has 0 saturated carbocycles. The van der Waals surface area contributed by atoms with Crippen LogP contribution in [0, 0.1) is 0 Å². The molecule has 2 N–H and O–H groups in total. The Bertz CT molecular complexity index is 186. The van der Waals surface area contributed by atoms with E-state index in [1.807, 2.05) is 6.92 Å². The van der Waals surface area contributed by atoms with E-state index in [0.29, 0.717) is 19.2 Å². The van der Waals surface area contributed by atoms with Gasteiger partial charge in [-0.15, -0.1) is 0 Å². The number of rotatable bonds is 6. The third-order valence-electron chi connectivity index (χ3n) is 3.41. The van der Waals surface area contributed by atoms with Gasteiger partial charge in [0.05, 0.1) is 6.10 Å². The number of unbranched alkanes of at least 4 members (excludes halogenated alkanes) is 1. The average Bonchev–Trinajstić information content (AvgIpc) is 2.54. The van der Waals surface area contributed by atoms with Gasteiger partial charge in [0.25, 0.3) is 0 Å². The normalized spacial score (nSPS) is 33.2. The standard InChI is InChI=1S/C12H25NO2/c1-4-5-6-10(2)13-9-12(14)7-8-15-11(12)3/h10-11,13-14H,4-9H2,1-3H3. The van der Waals surface area contributed by atoms with Crippen LogP contribution in [0.25, 0.3) is 0 Å². The van der Waals surface area contributed by atoms with Gasteiger partial charge in [-0.3, -0.25) is 0 Å². The van der Waals surface area contributed by atoms with Crippen LogP contribution < -0.4 is 5.32 Å². The van der Waals surface area contributed by atoms with Gasteiger partial charge in [0.1, 0.15) is 5.60 Å². The lowest BCUT2D eigenvalue weighted by Gasteiger charge is -2.28. The minimum atomic E-state index is -0.652. The van der Waals surface area contributed by atoms with Crippen molar-refractivity contribution in [1.29, 1.82) is 0 Å². The molecule has 1 heterocycles. The summed E-state index contributed by atoms with van der Waals surface area (Å²) in [6.45, 7) is 7.67. The van der Waals surface area contributed by atoms with E-state index in [1.54, 1.807) is 0 Å². The molecular weight excluding hydrogens is 190 g/mol. The van der Waals surface area contributed by atoms with Gasteiger partial charge in [-0.1, -0.05) is 19.8 Å². The average molecular weight is 215 g/mol. The van der Waals surface area contributed by atoms with E-state index in [2.05, 4.69) is 19.2 Å². The molecule has 0 aliphatic carbocycles. The second-order valence-electron chi connectivity index (χ2n) is 4.79. The molecule has 1 saturated heterocycles. The summed E-state index contributed by atoms with van der Waals surface area (Å²) in [7, 11) is 0. The Labute approximate surface area is 93.2 Å². The molecule has 1 aliphatic heterocycles. The Balaban J connectivity index is 2.23. The fourth-order valence-corrected chi connectivity index (χ4v) is 1.97. The van der Waals surface area contributed by atoms with Crippen molar-refractivity contribution < 1.29 is 9.84 Å². The van der Waals surface area contributed by atoms with E-state index in [9.17, 15) is 5.11 Å². The molecule has 1 fully saturated rings. The van der Waals surface area contributed by atoms with Crippen LogP contribution in [0.15, 0.2) is 0 Å². The Morgan fingerprint density at radius 1 is 1.60 bits per heavy atom. The number of hydrogen-bond donors (Lipinski definition) is 2. The van der Waals surface area contributed by atoms with Crippen LogP contribution in [-0.2, 0) is 4.74 Å². The zero-order chi connectivity index (χ0) is 11.3. The van der Waals surface area contributed by atoms with Crippen molar-refractivity contribution in [3.8, 4) is 0 Å². The zero-order valence-electron chi connectivity index (χ0n) is 10.3. The van der Waals surface area contributed by atoms with Gasteiger partial charge >= 0.3 is 0 Å². The highest BCUT2D eigenvalue weighted by atomic mass is 16.5. The van der Waals surface area contributed by atoms with Crippen molar-refractivity contribution in [2.24, 2.45) is 0 Å². The van der Waals surface area contributed by atoms with Crippen LogP contribution >= 0.6 is 0 Å². The molecule has 3 heteroatoms. The number of hydrogen-bond acceptors (Lipinski definition) is 3. The van der Waals surface area contributed by atoms with Crippen LogP contribution in [0.3, 0.4) is 0 Å². The van der Waals surface area contributed by atoms with Crippen molar-refractivity contribution in [2.75, 3.05) is 13.2 Å². The van der Waals surface area contributed by atoms with Gasteiger partial charge in [0.15, 0.2) is 0 Å². The van der Waals surface area contributed by atoms with E-state index >= 15 is 0 Å². The fourth-order valence-electron chi connectivity index (χ4n) is 1.97. The van der Waals surface area contributed by atoms with E-state index in [1.165, 1.54) is 19.3 Å². The second-order valence-corrected chi connectivity index (χ2v) is 4.79. The van der Waals surface area contributed by atoms with Crippen LogP contribution in [-0.4, -0.2) is 36.0 Å². The molecule has 90 valence electrons. The summed E-state index contributed by atoms with van der Waals surface area (Å²) in [5.74, 6) is 0. The molecule has 3 unspecified atom stereocenters. The third kappa shape index (κ3) is 3.74. The minimum Gasteiger partial charge on any atom is -0.386 e. The SMILES string of the molecule is CCCCC(C)NCC1(O)CCOC1C. The van der Waals surface area contributed by atoms with Gasteiger partial charge in [-0.05, 0) is 20.3 Å². The highest BCUT2D eigenvalue weighted by Gasteiger charge is 2.39. The van der Waals surface area contributed by atoms with Crippen LogP contribution in [0.2, 0.25) is 0 Å². The quantitative estimate of drug-likeness (QED) is 0.708. The summed E-state index contributed by atoms with van der Waals surface area (Å²) in [6, 6.07) is 0.488. The highest BCUT2D eigenvalue weighted by Crippen LogP contribution is 2.24. The minimum absolute atomic E-state index is 0.0385. The molecule has 0 aromatic rings. The molecule has 1 rings (SSSR count). The molecule has 3 atom stereocenters. The maximum atomic E-state index is 10.2. The van der Waals surface area contributed by atoms with Crippen LogP contribution in [0.5, 0.6) is 0 Å². The number of nitrogens with one attached hydrogen (secondary N) is 1. The summed E-state index contributed by atoms with van der Waals surface area (Å²) in [5, 5.41) is 13.6. The first-order valence-corrected chi connectivity index (χ1v) is 6.16. The molecule has 0 radical (unpaired) electrons. The first kappa shape index (κ1) is 12.9. The van der Waals surface area contributed by atoms with Crippen LogP contribution in [0.4, 0.5) is 0 Å². The van der Waals surface area contributed by atoms with Crippen molar-refractivity contribution in [3.05, 3.63) is 0 Å². The van der Waals surface area contributed by atoms with Crippen LogP contribution in [0.1, 0.15) is 46.5 Å². The lowest BCUT2D eigenvalue weighted by atomic mass is 9.96. The fraction of sp³-hybridized carbons (Fsp3) is 1.00. The lowest BCUT2D eigenvalue weighted by molar-refractivity contribution is -0.0275. The Morgan fingerprint density at radius 3 is 2.87 bits per heavy atom. The van der Waals surface area contributed by atoms with Gasteiger partial charge in [0, 0.05) is 25.6 Å². The summed E-state index contributed by atoms with van der Waals surface area (Å²) in [5.41, 5.74) is -0.652. The van der Waals surface area contributed by atoms with Gasteiger partial charge in [0.2, 0.25) is 0 Å². The number of aliphatic hydroxyl groups is 1. The monoisotopic (exact) mass is 215 g/mol. The zero-order valence-corrected chi connectivity index (χ0v) is 10.3. The summed E-state index contributed by atoms with van der Waals surface area (Å²) >= 11 is 0. The lowest BCUT2D eigenvalue weighted by Crippen LogP contribution is -2.48. The molecule has 0 spiro atoms. The molecule has 0 aromatic heterocycles. The smallest absolute Gasteiger partial charge is 0.105 e. The molecule has 3 nitrogen and oxygen atoms in total. The maximum absolute atomic E-state index is 10.2.